The van der Waals surface area contributed by atoms with Gasteiger partial charge in [-0.15, -0.1) is 0 Å². The predicted molar refractivity (Wildman–Crippen MR) is 57.8 cm³/mol. The molecule has 1 fully saturated rings. The minimum atomic E-state index is -0.312. The topological polar surface area (TPSA) is 46.2 Å². The monoisotopic (exact) mass is 209 g/mol. The van der Waals surface area contributed by atoms with Crippen LogP contribution in [0.2, 0.25) is 0 Å². The number of carbonyl (C=O) groups is 2. The first kappa shape index (κ1) is 10.8. The number of rotatable bonds is 2. The van der Waals surface area contributed by atoms with Crippen molar-refractivity contribution in [2.45, 2.75) is 13.8 Å². The second kappa shape index (κ2) is 4.81. The summed E-state index contributed by atoms with van der Waals surface area (Å²) in [6.07, 6.45) is 7.36. The maximum atomic E-state index is 11.1. The van der Waals surface area contributed by atoms with Gasteiger partial charge in [0.1, 0.15) is 0 Å². The van der Waals surface area contributed by atoms with Crippen LogP contribution in [0.5, 0.6) is 0 Å². The fourth-order valence-corrected chi connectivity index (χ4v) is 1.66. The highest BCUT2D eigenvalue weighted by molar-refractivity contribution is 8.18. The first-order valence-electron chi connectivity index (χ1n) is 4.18. The summed E-state index contributed by atoms with van der Waals surface area (Å²) in [4.78, 5) is 22.4. The van der Waals surface area contributed by atoms with E-state index in [9.17, 15) is 9.59 Å². The van der Waals surface area contributed by atoms with Crippen molar-refractivity contribution < 1.29 is 9.59 Å². The zero-order valence-electron chi connectivity index (χ0n) is 8.03. The predicted octanol–water partition coefficient (Wildman–Crippen LogP) is 2.38. The van der Waals surface area contributed by atoms with E-state index in [4.69, 9.17) is 0 Å². The molecule has 4 heteroatoms. The SMILES string of the molecule is CC=CC=C(C)C=C1SC(=O)NC1=O. The van der Waals surface area contributed by atoms with Gasteiger partial charge in [-0.2, -0.15) is 0 Å². The number of hydrogen-bond acceptors (Lipinski definition) is 3. The van der Waals surface area contributed by atoms with Crippen molar-refractivity contribution in [2.75, 3.05) is 0 Å². The van der Waals surface area contributed by atoms with Gasteiger partial charge in [-0.25, -0.2) is 0 Å². The van der Waals surface area contributed by atoms with Crippen molar-refractivity contribution in [2.24, 2.45) is 0 Å². The minimum Gasteiger partial charge on any atom is -0.282 e. The highest BCUT2D eigenvalue weighted by Gasteiger charge is 2.24. The van der Waals surface area contributed by atoms with Gasteiger partial charge in [0.2, 0.25) is 0 Å². The Morgan fingerprint density at radius 2 is 2.14 bits per heavy atom. The zero-order chi connectivity index (χ0) is 10.6. The summed E-state index contributed by atoms with van der Waals surface area (Å²) >= 11 is 0.932. The molecule has 1 aliphatic heterocycles. The Labute approximate surface area is 86.9 Å². The van der Waals surface area contributed by atoms with Crippen molar-refractivity contribution in [1.82, 2.24) is 5.32 Å². The first-order chi connectivity index (χ1) is 6.63. The fraction of sp³-hybridized carbons (Fsp3) is 0.200. The lowest BCUT2D eigenvalue weighted by Gasteiger charge is -1.91. The second-order valence-corrected chi connectivity index (χ2v) is 3.80. The summed E-state index contributed by atoms with van der Waals surface area (Å²) in [5, 5.41) is 1.89. The third-order valence-corrected chi connectivity index (χ3v) is 2.36. The summed E-state index contributed by atoms with van der Waals surface area (Å²) in [7, 11) is 0. The summed E-state index contributed by atoms with van der Waals surface area (Å²) in [6, 6.07) is 0. The van der Waals surface area contributed by atoms with Crippen LogP contribution in [-0.4, -0.2) is 11.1 Å². The Bertz CT molecular complexity index is 353. The van der Waals surface area contributed by atoms with Crippen LogP contribution in [0.4, 0.5) is 4.79 Å². The lowest BCUT2D eigenvalue weighted by Crippen LogP contribution is -2.17. The molecule has 0 spiro atoms. The van der Waals surface area contributed by atoms with Gasteiger partial charge in [0.15, 0.2) is 0 Å². The standard InChI is InChI=1S/C10H11NO2S/c1-3-4-5-7(2)6-8-9(12)11-10(13)14-8/h3-6H,1-2H3,(H,11,12,13). The number of amides is 2. The van der Waals surface area contributed by atoms with Gasteiger partial charge in [0.05, 0.1) is 4.91 Å². The molecule has 2 amide bonds. The number of nitrogens with one attached hydrogen (secondary N) is 1. The van der Waals surface area contributed by atoms with Crippen LogP contribution in [0.25, 0.3) is 0 Å². The highest BCUT2D eigenvalue weighted by Crippen LogP contribution is 2.24. The molecule has 1 rings (SSSR count). The molecule has 0 saturated carbocycles. The van der Waals surface area contributed by atoms with Gasteiger partial charge in [0, 0.05) is 0 Å². The van der Waals surface area contributed by atoms with E-state index >= 15 is 0 Å². The van der Waals surface area contributed by atoms with Crippen molar-refractivity contribution >= 4 is 22.9 Å². The molecule has 3 nitrogen and oxygen atoms in total. The van der Waals surface area contributed by atoms with Gasteiger partial charge in [-0.3, -0.25) is 14.9 Å². The van der Waals surface area contributed by atoms with Crippen LogP contribution in [0.3, 0.4) is 0 Å². The minimum absolute atomic E-state index is 0.305. The molecule has 1 heterocycles. The average molecular weight is 209 g/mol. The van der Waals surface area contributed by atoms with Crippen LogP contribution in [-0.2, 0) is 4.79 Å². The van der Waals surface area contributed by atoms with E-state index in [1.165, 1.54) is 0 Å². The Balaban J connectivity index is 2.78. The van der Waals surface area contributed by atoms with E-state index in [1.54, 1.807) is 6.08 Å². The molecule has 0 aromatic carbocycles. The third kappa shape index (κ3) is 2.88. The lowest BCUT2D eigenvalue weighted by molar-refractivity contribution is -0.115. The molecule has 0 unspecified atom stereocenters. The van der Waals surface area contributed by atoms with E-state index in [-0.39, 0.29) is 11.1 Å². The largest absolute Gasteiger partial charge is 0.290 e. The molecule has 1 N–H and O–H groups in total. The number of imide groups is 1. The molecule has 0 aliphatic carbocycles. The van der Waals surface area contributed by atoms with Gasteiger partial charge in [-0.05, 0) is 37.3 Å². The molecule has 0 bridgehead atoms. The van der Waals surface area contributed by atoms with Crippen LogP contribution < -0.4 is 5.32 Å². The van der Waals surface area contributed by atoms with Crippen LogP contribution in [0, 0.1) is 0 Å². The molecular formula is C10H11NO2S. The normalized spacial score (nSPS) is 21.0. The van der Waals surface area contributed by atoms with Crippen molar-refractivity contribution in [3.63, 3.8) is 0 Å². The second-order valence-electron chi connectivity index (χ2n) is 2.79. The smallest absolute Gasteiger partial charge is 0.282 e. The van der Waals surface area contributed by atoms with E-state index in [0.717, 1.165) is 17.3 Å². The molecular weight excluding hydrogens is 198 g/mol. The van der Waals surface area contributed by atoms with E-state index in [2.05, 4.69) is 5.32 Å². The molecule has 0 atom stereocenters. The molecule has 0 radical (unpaired) electrons. The summed E-state index contributed by atoms with van der Waals surface area (Å²) in [5.74, 6) is -0.312. The molecule has 14 heavy (non-hydrogen) atoms. The quantitative estimate of drug-likeness (QED) is 0.561. The lowest BCUT2D eigenvalue weighted by atomic mass is 10.2. The van der Waals surface area contributed by atoms with Gasteiger partial charge in [0.25, 0.3) is 11.1 Å². The number of allylic oxidation sites excluding steroid dienone is 5. The average Bonchev–Trinajstić information content (AvgIpc) is 2.42. The molecule has 0 aromatic rings. The van der Waals surface area contributed by atoms with E-state index in [1.807, 2.05) is 32.1 Å². The van der Waals surface area contributed by atoms with Crippen LogP contribution in [0.1, 0.15) is 13.8 Å². The number of thioether (sulfide) groups is 1. The van der Waals surface area contributed by atoms with Crippen LogP contribution >= 0.6 is 11.8 Å². The first-order valence-corrected chi connectivity index (χ1v) is 4.99. The molecule has 0 aromatic heterocycles. The van der Waals surface area contributed by atoms with Crippen LogP contribution in [0.15, 0.2) is 34.8 Å². The van der Waals surface area contributed by atoms with Crippen molar-refractivity contribution in [3.05, 3.63) is 34.8 Å². The number of carbonyl (C=O) groups excluding carboxylic acids is 2. The highest BCUT2D eigenvalue weighted by atomic mass is 32.2. The van der Waals surface area contributed by atoms with E-state index in [0.29, 0.717) is 4.91 Å². The number of hydrogen-bond donors (Lipinski definition) is 1. The Hall–Kier alpha value is -1.29. The molecule has 1 saturated heterocycles. The van der Waals surface area contributed by atoms with Crippen molar-refractivity contribution in [1.29, 1.82) is 0 Å². The summed E-state index contributed by atoms with van der Waals surface area (Å²) in [5.41, 5.74) is 0.940. The van der Waals surface area contributed by atoms with Gasteiger partial charge < -0.3 is 0 Å². The van der Waals surface area contributed by atoms with Crippen molar-refractivity contribution in [3.8, 4) is 0 Å². The third-order valence-electron chi connectivity index (χ3n) is 1.55. The van der Waals surface area contributed by atoms with Gasteiger partial charge in [-0.1, -0.05) is 18.2 Å². The molecule has 74 valence electrons. The summed E-state index contributed by atoms with van der Waals surface area (Å²) < 4.78 is 0. The maximum absolute atomic E-state index is 11.1. The fourth-order valence-electron chi connectivity index (χ4n) is 0.924. The van der Waals surface area contributed by atoms with E-state index < -0.39 is 0 Å². The van der Waals surface area contributed by atoms with Gasteiger partial charge >= 0.3 is 0 Å². The zero-order valence-corrected chi connectivity index (χ0v) is 8.85. The Morgan fingerprint density at radius 1 is 1.43 bits per heavy atom. The Morgan fingerprint density at radius 3 is 2.64 bits per heavy atom. The summed E-state index contributed by atoms with van der Waals surface area (Å²) in [6.45, 7) is 3.79. The Kier molecular flexibility index (Phi) is 3.71. The molecule has 1 aliphatic rings. The maximum Gasteiger partial charge on any atom is 0.290 e.